The summed E-state index contributed by atoms with van der Waals surface area (Å²) in [5.74, 6) is 0.811. The highest BCUT2D eigenvalue weighted by Gasteiger charge is 2.16. The first-order valence-corrected chi connectivity index (χ1v) is 7.09. The number of aryl methyl sites for hydroxylation is 2. The van der Waals surface area contributed by atoms with Crippen LogP contribution in [0.5, 0.6) is 0 Å². The molecule has 4 heteroatoms. The predicted octanol–water partition coefficient (Wildman–Crippen LogP) is 1.41. The van der Waals surface area contributed by atoms with Crippen LogP contribution >= 0.6 is 0 Å². The second-order valence-corrected chi connectivity index (χ2v) is 5.54. The molecule has 0 amide bonds. The van der Waals surface area contributed by atoms with Crippen LogP contribution in [0.3, 0.4) is 0 Å². The third-order valence-corrected chi connectivity index (χ3v) is 3.74. The van der Waals surface area contributed by atoms with Gasteiger partial charge in [0.15, 0.2) is 0 Å². The number of piperidine rings is 1. The molecule has 0 spiro atoms. The van der Waals surface area contributed by atoms with Crippen molar-refractivity contribution in [1.82, 2.24) is 20.0 Å². The fraction of sp³-hybridized carbons (Fsp3) is 0.786. The van der Waals surface area contributed by atoms with Crippen molar-refractivity contribution in [3.8, 4) is 0 Å². The fourth-order valence-electron chi connectivity index (χ4n) is 2.89. The minimum atomic E-state index is 0.811. The first-order chi connectivity index (χ1) is 8.69. The van der Waals surface area contributed by atoms with Gasteiger partial charge in [0.25, 0.3) is 0 Å². The summed E-state index contributed by atoms with van der Waals surface area (Å²) in [5, 5.41) is 7.99. The van der Waals surface area contributed by atoms with Gasteiger partial charge in [-0.15, -0.1) is 0 Å². The predicted molar refractivity (Wildman–Crippen MR) is 74.5 cm³/mol. The van der Waals surface area contributed by atoms with Gasteiger partial charge in [0.05, 0.1) is 5.69 Å². The van der Waals surface area contributed by atoms with E-state index in [1.807, 2.05) is 11.7 Å². The van der Waals surface area contributed by atoms with Crippen LogP contribution in [0.15, 0.2) is 6.20 Å². The monoisotopic (exact) mass is 250 g/mol. The smallest absolute Gasteiger partial charge is 0.0666 e. The van der Waals surface area contributed by atoms with Crippen molar-refractivity contribution >= 4 is 0 Å². The molecule has 1 N–H and O–H groups in total. The number of rotatable bonds is 5. The van der Waals surface area contributed by atoms with E-state index in [1.54, 1.807) is 0 Å². The molecule has 0 bridgehead atoms. The Morgan fingerprint density at radius 2 is 2.39 bits per heavy atom. The first kappa shape index (κ1) is 13.6. The molecular formula is C14H26N4. The van der Waals surface area contributed by atoms with Crippen LogP contribution in [0, 0.1) is 5.92 Å². The van der Waals surface area contributed by atoms with E-state index in [4.69, 9.17) is 0 Å². The molecule has 1 unspecified atom stereocenters. The summed E-state index contributed by atoms with van der Waals surface area (Å²) in [5.41, 5.74) is 2.62. The molecule has 2 heterocycles. The Kier molecular flexibility index (Phi) is 4.78. The molecule has 1 atom stereocenters. The number of aromatic nitrogens is 2. The lowest BCUT2D eigenvalue weighted by molar-refractivity contribution is 0.237. The van der Waals surface area contributed by atoms with Gasteiger partial charge in [0, 0.05) is 31.9 Å². The topological polar surface area (TPSA) is 33.1 Å². The zero-order valence-corrected chi connectivity index (χ0v) is 11.9. The Bertz CT molecular complexity index is 366. The fourth-order valence-corrected chi connectivity index (χ4v) is 2.89. The third kappa shape index (κ3) is 3.56. The van der Waals surface area contributed by atoms with Crippen LogP contribution in [0.2, 0.25) is 0 Å². The minimum absolute atomic E-state index is 0.811. The number of hydrogen-bond donors (Lipinski definition) is 1. The molecule has 2 rings (SSSR count). The van der Waals surface area contributed by atoms with Gasteiger partial charge in [0.1, 0.15) is 0 Å². The second-order valence-electron chi connectivity index (χ2n) is 5.54. The molecule has 0 radical (unpaired) electrons. The number of nitrogens with one attached hydrogen (secondary N) is 1. The molecule has 1 aliphatic heterocycles. The number of nitrogens with zero attached hydrogens (tertiary/aromatic N) is 3. The molecule has 1 saturated heterocycles. The van der Waals surface area contributed by atoms with E-state index in [-0.39, 0.29) is 0 Å². The molecule has 1 aromatic heterocycles. The van der Waals surface area contributed by atoms with Crippen LogP contribution in [0.4, 0.5) is 0 Å². The zero-order valence-electron chi connectivity index (χ0n) is 11.9. The SMILES string of the molecule is CCc1nn(C)cc1CN(C)CC1CCCNC1. The maximum Gasteiger partial charge on any atom is 0.0666 e. The highest BCUT2D eigenvalue weighted by atomic mass is 15.3. The van der Waals surface area contributed by atoms with Crippen molar-refractivity contribution in [1.29, 1.82) is 0 Å². The van der Waals surface area contributed by atoms with Gasteiger partial charge >= 0.3 is 0 Å². The van der Waals surface area contributed by atoms with Gasteiger partial charge in [0.2, 0.25) is 0 Å². The van der Waals surface area contributed by atoms with E-state index in [0.717, 1.165) is 18.9 Å². The quantitative estimate of drug-likeness (QED) is 0.858. The van der Waals surface area contributed by atoms with Crippen molar-refractivity contribution in [2.75, 3.05) is 26.7 Å². The molecule has 1 aromatic rings. The molecular weight excluding hydrogens is 224 g/mol. The molecule has 18 heavy (non-hydrogen) atoms. The number of hydrogen-bond acceptors (Lipinski definition) is 3. The molecule has 1 fully saturated rings. The maximum atomic E-state index is 4.51. The summed E-state index contributed by atoms with van der Waals surface area (Å²) >= 11 is 0. The highest BCUT2D eigenvalue weighted by molar-refractivity contribution is 5.16. The average molecular weight is 250 g/mol. The summed E-state index contributed by atoms with van der Waals surface area (Å²) < 4.78 is 1.93. The van der Waals surface area contributed by atoms with Crippen LogP contribution < -0.4 is 5.32 Å². The lowest BCUT2D eigenvalue weighted by Crippen LogP contribution is -2.36. The van der Waals surface area contributed by atoms with Gasteiger partial charge in [-0.2, -0.15) is 5.10 Å². The Morgan fingerprint density at radius 3 is 3.06 bits per heavy atom. The zero-order chi connectivity index (χ0) is 13.0. The van der Waals surface area contributed by atoms with E-state index in [0.29, 0.717) is 0 Å². The minimum Gasteiger partial charge on any atom is -0.316 e. The van der Waals surface area contributed by atoms with E-state index in [9.17, 15) is 0 Å². The third-order valence-electron chi connectivity index (χ3n) is 3.74. The normalized spacial score (nSPS) is 20.6. The Morgan fingerprint density at radius 1 is 1.56 bits per heavy atom. The van der Waals surface area contributed by atoms with Crippen molar-refractivity contribution in [3.05, 3.63) is 17.5 Å². The first-order valence-electron chi connectivity index (χ1n) is 7.09. The largest absolute Gasteiger partial charge is 0.316 e. The van der Waals surface area contributed by atoms with Crippen molar-refractivity contribution in [2.24, 2.45) is 13.0 Å². The van der Waals surface area contributed by atoms with Crippen molar-refractivity contribution < 1.29 is 0 Å². The van der Waals surface area contributed by atoms with E-state index >= 15 is 0 Å². The Labute approximate surface area is 110 Å². The maximum absolute atomic E-state index is 4.51. The van der Waals surface area contributed by atoms with Crippen molar-refractivity contribution in [2.45, 2.75) is 32.7 Å². The molecule has 0 saturated carbocycles. The average Bonchev–Trinajstić information content (AvgIpc) is 2.70. The van der Waals surface area contributed by atoms with Gasteiger partial charge in [-0.05, 0) is 45.3 Å². The van der Waals surface area contributed by atoms with Gasteiger partial charge in [-0.1, -0.05) is 6.92 Å². The molecule has 0 aliphatic carbocycles. The second kappa shape index (κ2) is 6.34. The van der Waals surface area contributed by atoms with Gasteiger partial charge in [-0.3, -0.25) is 4.68 Å². The highest BCUT2D eigenvalue weighted by Crippen LogP contribution is 2.14. The lowest BCUT2D eigenvalue weighted by Gasteiger charge is -2.27. The summed E-state index contributed by atoms with van der Waals surface area (Å²) in [6.45, 7) is 6.76. The summed E-state index contributed by atoms with van der Waals surface area (Å²) in [7, 11) is 4.23. The van der Waals surface area contributed by atoms with Crippen LogP contribution in [0.25, 0.3) is 0 Å². The van der Waals surface area contributed by atoms with Crippen LogP contribution in [0.1, 0.15) is 31.0 Å². The lowest BCUT2D eigenvalue weighted by atomic mass is 9.99. The summed E-state index contributed by atoms with van der Waals surface area (Å²) in [4.78, 5) is 2.44. The van der Waals surface area contributed by atoms with Gasteiger partial charge < -0.3 is 10.2 Å². The molecule has 1 aliphatic rings. The van der Waals surface area contributed by atoms with E-state index < -0.39 is 0 Å². The molecule has 4 nitrogen and oxygen atoms in total. The molecule has 0 aromatic carbocycles. The van der Waals surface area contributed by atoms with Crippen LogP contribution in [-0.2, 0) is 20.0 Å². The Hall–Kier alpha value is -0.870. The summed E-state index contributed by atoms with van der Waals surface area (Å²) in [6, 6.07) is 0. The van der Waals surface area contributed by atoms with E-state index in [2.05, 4.69) is 35.5 Å². The van der Waals surface area contributed by atoms with Crippen LogP contribution in [-0.4, -0.2) is 41.4 Å². The van der Waals surface area contributed by atoms with E-state index in [1.165, 1.54) is 43.7 Å². The Balaban J connectivity index is 1.87. The molecule has 102 valence electrons. The summed E-state index contributed by atoms with van der Waals surface area (Å²) in [6.07, 6.45) is 5.88. The standard InChI is InChI=1S/C14H26N4/c1-4-14-13(11-18(3)16-14)10-17(2)9-12-6-5-7-15-8-12/h11-12,15H,4-10H2,1-3H3. The van der Waals surface area contributed by atoms with Gasteiger partial charge in [-0.25, -0.2) is 0 Å². The van der Waals surface area contributed by atoms with Crippen molar-refractivity contribution in [3.63, 3.8) is 0 Å².